The van der Waals surface area contributed by atoms with Gasteiger partial charge in [-0.2, -0.15) is 0 Å². The smallest absolute Gasteiger partial charge is 0.255 e. The first-order valence-electron chi connectivity index (χ1n) is 10.7. The highest BCUT2D eigenvalue weighted by Gasteiger charge is 2.32. The monoisotopic (exact) mass is 446 g/mol. The van der Waals surface area contributed by atoms with E-state index in [9.17, 15) is 4.79 Å². The van der Waals surface area contributed by atoms with Gasteiger partial charge in [-0.1, -0.05) is 29.8 Å². The van der Waals surface area contributed by atoms with Crippen LogP contribution in [0.1, 0.15) is 42.5 Å². The van der Waals surface area contributed by atoms with Crippen molar-refractivity contribution in [2.75, 3.05) is 26.6 Å². The molecule has 0 bridgehead atoms. The molecule has 6 nitrogen and oxygen atoms in total. The minimum Gasteiger partial charge on any atom is -0.496 e. The van der Waals surface area contributed by atoms with Crippen molar-refractivity contribution in [3.05, 3.63) is 53.1 Å². The number of halogens is 1. The molecule has 7 heteroatoms. The SMILES string of the molecule is COc1cc(N)c(Cl)cc1C(=O)N[C@@H]1CCC(CCCOc2ccccc2)C[C@@H]1OC. The third kappa shape index (κ3) is 6.28. The highest BCUT2D eigenvalue weighted by molar-refractivity contribution is 6.33. The molecule has 0 heterocycles. The molecule has 1 fully saturated rings. The number of ether oxygens (including phenoxy) is 3. The lowest BCUT2D eigenvalue weighted by Crippen LogP contribution is -2.47. The van der Waals surface area contributed by atoms with Crippen molar-refractivity contribution in [3.63, 3.8) is 0 Å². The summed E-state index contributed by atoms with van der Waals surface area (Å²) < 4.78 is 16.8. The summed E-state index contributed by atoms with van der Waals surface area (Å²) in [5.41, 5.74) is 6.57. The molecule has 168 valence electrons. The summed E-state index contributed by atoms with van der Waals surface area (Å²) in [5, 5.41) is 3.43. The zero-order valence-corrected chi connectivity index (χ0v) is 18.9. The number of methoxy groups -OCH3 is 2. The van der Waals surface area contributed by atoms with E-state index >= 15 is 0 Å². The van der Waals surface area contributed by atoms with Crippen LogP contribution in [0, 0.1) is 5.92 Å². The average Bonchev–Trinajstić information content (AvgIpc) is 2.79. The van der Waals surface area contributed by atoms with Crippen molar-refractivity contribution in [2.45, 2.75) is 44.2 Å². The van der Waals surface area contributed by atoms with Gasteiger partial charge in [0.05, 0.1) is 42.1 Å². The van der Waals surface area contributed by atoms with Crippen molar-refractivity contribution < 1.29 is 19.0 Å². The summed E-state index contributed by atoms with van der Waals surface area (Å²) in [6, 6.07) is 12.9. The summed E-state index contributed by atoms with van der Waals surface area (Å²) in [7, 11) is 3.20. The molecule has 1 unspecified atom stereocenters. The summed E-state index contributed by atoms with van der Waals surface area (Å²) in [4.78, 5) is 12.9. The van der Waals surface area contributed by atoms with Crippen LogP contribution >= 0.6 is 11.6 Å². The summed E-state index contributed by atoms with van der Waals surface area (Å²) in [6.45, 7) is 0.704. The van der Waals surface area contributed by atoms with Gasteiger partial charge in [0.15, 0.2) is 0 Å². The predicted molar refractivity (Wildman–Crippen MR) is 123 cm³/mol. The van der Waals surface area contributed by atoms with Gasteiger partial charge in [-0.3, -0.25) is 4.79 Å². The van der Waals surface area contributed by atoms with Crippen LogP contribution in [0.3, 0.4) is 0 Å². The third-order valence-electron chi connectivity index (χ3n) is 5.85. The highest BCUT2D eigenvalue weighted by Crippen LogP contribution is 2.32. The van der Waals surface area contributed by atoms with E-state index in [0.29, 0.717) is 34.5 Å². The van der Waals surface area contributed by atoms with E-state index in [4.69, 9.17) is 31.5 Å². The van der Waals surface area contributed by atoms with Gasteiger partial charge in [0, 0.05) is 13.2 Å². The van der Waals surface area contributed by atoms with Gasteiger partial charge in [0.1, 0.15) is 11.5 Å². The van der Waals surface area contributed by atoms with Crippen LogP contribution < -0.4 is 20.5 Å². The standard InChI is InChI=1S/C24H31ClN2O4/c1-29-22-15-20(26)19(25)14-18(22)24(28)27-21-11-10-16(13-23(21)30-2)7-6-12-31-17-8-4-3-5-9-17/h3-5,8-9,14-16,21,23H,6-7,10-13,26H2,1-2H3,(H,27,28)/t16?,21-,23+/m1/s1. The Labute approximate surface area is 189 Å². The first kappa shape index (κ1) is 23.2. The molecule has 1 aliphatic rings. The summed E-state index contributed by atoms with van der Waals surface area (Å²) in [5.74, 6) is 1.63. The van der Waals surface area contributed by atoms with Crippen molar-refractivity contribution in [2.24, 2.45) is 5.92 Å². The average molecular weight is 447 g/mol. The van der Waals surface area contributed by atoms with Crippen molar-refractivity contribution in [3.8, 4) is 11.5 Å². The second kappa shape index (κ2) is 11.3. The van der Waals surface area contributed by atoms with Crippen LogP contribution in [0.4, 0.5) is 5.69 Å². The molecule has 3 N–H and O–H groups in total. The lowest BCUT2D eigenvalue weighted by Gasteiger charge is -2.36. The molecule has 2 aromatic rings. The van der Waals surface area contributed by atoms with Gasteiger partial charge in [0.25, 0.3) is 5.91 Å². The lowest BCUT2D eigenvalue weighted by atomic mass is 9.81. The predicted octanol–water partition coefficient (Wildman–Crippen LogP) is 4.70. The molecule has 31 heavy (non-hydrogen) atoms. The fraction of sp³-hybridized carbons (Fsp3) is 0.458. The molecule has 0 spiro atoms. The van der Waals surface area contributed by atoms with Crippen molar-refractivity contribution >= 4 is 23.2 Å². The van der Waals surface area contributed by atoms with Gasteiger partial charge in [-0.05, 0) is 56.2 Å². The van der Waals surface area contributed by atoms with E-state index in [1.54, 1.807) is 19.2 Å². The maximum atomic E-state index is 12.9. The fourth-order valence-corrected chi connectivity index (χ4v) is 4.30. The molecule has 1 aliphatic carbocycles. The minimum atomic E-state index is -0.236. The largest absolute Gasteiger partial charge is 0.496 e. The highest BCUT2D eigenvalue weighted by atomic mass is 35.5. The van der Waals surface area contributed by atoms with Gasteiger partial charge in [-0.15, -0.1) is 0 Å². The van der Waals surface area contributed by atoms with Gasteiger partial charge in [0.2, 0.25) is 0 Å². The van der Waals surface area contributed by atoms with Crippen LogP contribution in [0.5, 0.6) is 11.5 Å². The number of hydrogen-bond acceptors (Lipinski definition) is 5. The molecule has 2 aromatic carbocycles. The Morgan fingerprint density at radius 3 is 2.68 bits per heavy atom. The Hall–Kier alpha value is -2.44. The number of rotatable bonds is 9. The minimum absolute atomic E-state index is 0.0343. The summed E-state index contributed by atoms with van der Waals surface area (Å²) >= 11 is 6.11. The number of hydrogen-bond donors (Lipinski definition) is 2. The number of anilines is 1. The molecule has 0 aromatic heterocycles. The Kier molecular flexibility index (Phi) is 8.43. The number of para-hydroxylation sites is 1. The molecule has 1 amide bonds. The third-order valence-corrected chi connectivity index (χ3v) is 6.18. The molecule has 3 atom stereocenters. The van der Waals surface area contributed by atoms with E-state index in [2.05, 4.69) is 5.32 Å². The van der Waals surface area contributed by atoms with E-state index in [-0.39, 0.29) is 18.1 Å². The normalized spacial score (nSPS) is 20.8. The number of carbonyl (C=O) groups is 1. The van der Waals surface area contributed by atoms with Crippen LogP contribution in [0.2, 0.25) is 5.02 Å². The first-order valence-corrected chi connectivity index (χ1v) is 11.0. The van der Waals surface area contributed by atoms with Crippen LogP contribution in [0.15, 0.2) is 42.5 Å². The molecular weight excluding hydrogens is 416 g/mol. The maximum Gasteiger partial charge on any atom is 0.255 e. The van der Waals surface area contributed by atoms with Crippen molar-refractivity contribution in [1.82, 2.24) is 5.32 Å². The number of nitrogens with one attached hydrogen (secondary N) is 1. The number of carbonyl (C=O) groups excluding carboxylic acids is 1. The molecule has 0 saturated heterocycles. The molecule has 0 aliphatic heterocycles. The Bertz CT molecular complexity index is 862. The Morgan fingerprint density at radius 2 is 1.97 bits per heavy atom. The van der Waals surface area contributed by atoms with Crippen LogP contribution in [0.25, 0.3) is 0 Å². The molecule has 0 radical (unpaired) electrons. The molecule has 1 saturated carbocycles. The second-order valence-electron chi connectivity index (χ2n) is 7.91. The number of benzene rings is 2. The van der Waals surface area contributed by atoms with E-state index in [1.807, 2.05) is 30.3 Å². The molecular formula is C24H31ClN2O4. The van der Waals surface area contributed by atoms with Crippen molar-refractivity contribution in [1.29, 1.82) is 0 Å². The van der Waals surface area contributed by atoms with Gasteiger partial charge < -0.3 is 25.3 Å². The zero-order valence-electron chi connectivity index (χ0n) is 18.1. The lowest BCUT2D eigenvalue weighted by molar-refractivity contribution is 0.0199. The number of nitrogens with two attached hydrogens (primary N) is 1. The Morgan fingerprint density at radius 1 is 1.19 bits per heavy atom. The van der Waals surface area contributed by atoms with E-state index in [0.717, 1.165) is 37.9 Å². The zero-order chi connectivity index (χ0) is 22.2. The number of amides is 1. The Balaban J connectivity index is 1.50. The molecule has 3 rings (SSSR count). The maximum absolute atomic E-state index is 12.9. The van der Waals surface area contributed by atoms with Crippen LogP contribution in [-0.4, -0.2) is 38.9 Å². The van der Waals surface area contributed by atoms with Gasteiger partial charge in [-0.25, -0.2) is 0 Å². The number of nitrogen functional groups attached to an aromatic ring is 1. The topological polar surface area (TPSA) is 82.8 Å². The second-order valence-corrected chi connectivity index (χ2v) is 8.32. The quantitative estimate of drug-likeness (QED) is 0.430. The van der Waals surface area contributed by atoms with Gasteiger partial charge >= 0.3 is 0 Å². The van der Waals surface area contributed by atoms with E-state index < -0.39 is 0 Å². The van der Waals surface area contributed by atoms with Crippen LogP contribution in [-0.2, 0) is 4.74 Å². The summed E-state index contributed by atoms with van der Waals surface area (Å²) in [6.07, 6.45) is 4.85. The van der Waals surface area contributed by atoms with E-state index in [1.165, 1.54) is 7.11 Å². The fourth-order valence-electron chi connectivity index (χ4n) is 4.14. The first-order chi connectivity index (χ1) is 15.0.